The van der Waals surface area contributed by atoms with Gasteiger partial charge in [0.25, 0.3) is 10.0 Å². The number of carboxylic acid groups (broad SMARTS) is 1. The van der Waals surface area contributed by atoms with E-state index in [9.17, 15) is 18.3 Å². The van der Waals surface area contributed by atoms with Crippen LogP contribution in [0.2, 0.25) is 5.02 Å². The lowest BCUT2D eigenvalue weighted by molar-refractivity contribution is -0.147. The summed E-state index contributed by atoms with van der Waals surface area (Å²) in [6.07, 6.45) is 1.34. The van der Waals surface area contributed by atoms with Gasteiger partial charge < -0.3 is 5.11 Å². The lowest BCUT2D eigenvalue weighted by Gasteiger charge is -2.31. The van der Waals surface area contributed by atoms with Gasteiger partial charge in [-0.25, -0.2) is 8.42 Å². The molecule has 0 radical (unpaired) electrons. The molecule has 2 N–H and O–H groups in total. The third-order valence-electron chi connectivity index (χ3n) is 5.29. The number of nitrogens with zero attached hydrogens (tertiary/aromatic N) is 1. The maximum absolute atomic E-state index is 12.8. The Morgan fingerprint density at radius 2 is 1.97 bits per heavy atom. The molecule has 1 aliphatic rings. The lowest BCUT2D eigenvalue weighted by atomic mass is 9.89. The maximum atomic E-state index is 12.8. The molecule has 0 amide bonds. The Balaban J connectivity index is 1.74. The van der Waals surface area contributed by atoms with E-state index in [2.05, 4.69) is 9.62 Å². The first-order chi connectivity index (χ1) is 13.6. The number of rotatable bonds is 7. The molecule has 156 valence electrons. The van der Waals surface area contributed by atoms with E-state index in [1.54, 1.807) is 50.2 Å². The fourth-order valence-corrected chi connectivity index (χ4v) is 4.55. The van der Waals surface area contributed by atoms with Crippen LogP contribution in [-0.2, 0) is 27.8 Å². The van der Waals surface area contributed by atoms with Gasteiger partial charge in [0.15, 0.2) is 0 Å². The van der Waals surface area contributed by atoms with Gasteiger partial charge in [0.05, 0.1) is 16.0 Å². The van der Waals surface area contributed by atoms with Crippen LogP contribution in [0.3, 0.4) is 0 Å². The van der Waals surface area contributed by atoms with Crippen molar-refractivity contribution in [1.82, 2.24) is 4.90 Å². The standard InChI is InChI=1S/C21H25ClN2O4S/c1-21(2,20(25)26)9-11-24-10-8-15-6-7-19(12-16(15)14-24)29(27,28)23-18-5-3-4-17(22)13-18/h3-7,12-13,23H,8-11,14H2,1-2H3,(H,25,26). The molecule has 2 aromatic rings. The zero-order valence-electron chi connectivity index (χ0n) is 16.5. The van der Waals surface area contributed by atoms with Gasteiger partial charge in [0.1, 0.15) is 0 Å². The number of aliphatic carboxylic acids is 1. The predicted molar refractivity (Wildman–Crippen MR) is 114 cm³/mol. The van der Waals surface area contributed by atoms with E-state index < -0.39 is 21.4 Å². The van der Waals surface area contributed by atoms with E-state index in [4.69, 9.17) is 11.6 Å². The van der Waals surface area contributed by atoms with Crippen LogP contribution < -0.4 is 4.72 Å². The van der Waals surface area contributed by atoms with E-state index in [-0.39, 0.29) is 4.90 Å². The van der Waals surface area contributed by atoms with Gasteiger partial charge in [0, 0.05) is 18.1 Å². The van der Waals surface area contributed by atoms with Crippen LogP contribution in [0, 0.1) is 5.41 Å². The van der Waals surface area contributed by atoms with Crippen LogP contribution in [0.1, 0.15) is 31.4 Å². The molecular formula is C21H25ClN2O4S. The molecule has 6 nitrogen and oxygen atoms in total. The number of halogens is 1. The van der Waals surface area contributed by atoms with Crippen molar-refractivity contribution in [3.05, 3.63) is 58.6 Å². The van der Waals surface area contributed by atoms with E-state index in [0.29, 0.717) is 30.2 Å². The summed E-state index contributed by atoms with van der Waals surface area (Å²) < 4.78 is 28.1. The molecule has 0 spiro atoms. The molecule has 2 aromatic carbocycles. The number of carbonyl (C=O) groups is 1. The molecule has 1 heterocycles. The first-order valence-corrected chi connectivity index (χ1v) is 11.3. The molecular weight excluding hydrogens is 412 g/mol. The second-order valence-electron chi connectivity index (χ2n) is 8.01. The van der Waals surface area contributed by atoms with Gasteiger partial charge in [-0.2, -0.15) is 0 Å². The fraction of sp³-hybridized carbons (Fsp3) is 0.381. The van der Waals surface area contributed by atoms with Crippen molar-refractivity contribution in [2.45, 2.75) is 38.1 Å². The Morgan fingerprint density at radius 1 is 1.21 bits per heavy atom. The van der Waals surface area contributed by atoms with Crippen molar-refractivity contribution in [3.8, 4) is 0 Å². The summed E-state index contributed by atoms with van der Waals surface area (Å²) in [4.78, 5) is 13.7. The average molecular weight is 437 g/mol. The Hall–Kier alpha value is -2.09. The highest BCUT2D eigenvalue weighted by atomic mass is 35.5. The summed E-state index contributed by atoms with van der Waals surface area (Å²) in [5.41, 5.74) is 1.71. The van der Waals surface area contributed by atoms with E-state index in [0.717, 1.165) is 24.1 Å². The van der Waals surface area contributed by atoms with E-state index >= 15 is 0 Å². The minimum Gasteiger partial charge on any atom is -0.481 e. The molecule has 8 heteroatoms. The van der Waals surface area contributed by atoms with Gasteiger partial charge in [0.2, 0.25) is 0 Å². The van der Waals surface area contributed by atoms with Gasteiger partial charge in [-0.1, -0.05) is 23.7 Å². The van der Waals surface area contributed by atoms with Crippen molar-refractivity contribution in [3.63, 3.8) is 0 Å². The Kier molecular flexibility index (Phi) is 6.22. The second kappa shape index (κ2) is 8.34. The zero-order chi connectivity index (χ0) is 21.2. The minimum atomic E-state index is -3.73. The summed E-state index contributed by atoms with van der Waals surface area (Å²) in [7, 11) is -3.73. The maximum Gasteiger partial charge on any atom is 0.309 e. The third-order valence-corrected chi connectivity index (χ3v) is 6.90. The van der Waals surface area contributed by atoms with Crippen LogP contribution in [0.4, 0.5) is 5.69 Å². The highest BCUT2D eigenvalue weighted by Crippen LogP contribution is 2.27. The molecule has 0 unspecified atom stereocenters. The number of nitrogens with one attached hydrogen (secondary N) is 1. The number of carboxylic acids is 1. The van der Waals surface area contributed by atoms with Gasteiger partial charge >= 0.3 is 5.97 Å². The van der Waals surface area contributed by atoms with E-state index in [1.807, 2.05) is 6.07 Å². The summed E-state index contributed by atoms with van der Waals surface area (Å²) in [6, 6.07) is 11.8. The molecule has 0 saturated heterocycles. The zero-order valence-corrected chi connectivity index (χ0v) is 18.1. The van der Waals surface area contributed by atoms with Gasteiger partial charge in [-0.05, 0) is 74.7 Å². The molecule has 1 aliphatic heterocycles. The molecule has 3 rings (SSSR count). The van der Waals surface area contributed by atoms with Crippen molar-refractivity contribution in [1.29, 1.82) is 0 Å². The quantitative estimate of drug-likeness (QED) is 0.685. The molecule has 29 heavy (non-hydrogen) atoms. The smallest absolute Gasteiger partial charge is 0.309 e. The Labute approximate surface area is 176 Å². The van der Waals surface area contributed by atoms with E-state index in [1.165, 1.54) is 0 Å². The van der Waals surface area contributed by atoms with Crippen molar-refractivity contribution < 1.29 is 18.3 Å². The third kappa shape index (κ3) is 5.29. The first-order valence-electron chi connectivity index (χ1n) is 9.43. The number of benzene rings is 2. The van der Waals surface area contributed by atoms with Crippen molar-refractivity contribution in [2.24, 2.45) is 5.41 Å². The highest BCUT2D eigenvalue weighted by Gasteiger charge is 2.28. The van der Waals surface area contributed by atoms with Crippen LogP contribution >= 0.6 is 11.6 Å². The molecule has 0 aliphatic carbocycles. The molecule has 0 atom stereocenters. The van der Waals surface area contributed by atoms with Crippen LogP contribution in [0.15, 0.2) is 47.4 Å². The summed E-state index contributed by atoms with van der Waals surface area (Å²) in [6.45, 7) is 5.52. The summed E-state index contributed by atoms with van der Waals surface area (Å²) >= 11 is 5.93. The van der Waals surface area contributed by atoms with Crippen LogP contribution in [0.5, 0.6) is 0 Å². The fourth-order valence-electron chi connectivity index (χ4n) is 3.26. The largest absolute Gasteiger partial charge is 0.481 e. The SMILES string of the molecule is CC(C)(CCN1CCc2ccc(S(=O)(=O)Nc3cccc(Cl)c3)cc2C1)C(=O)O. The molecule has 0 saturated carbocycles. The number of hydrogen-bond acceptors (Lipinski definition) is 4. The minimum absolute atomic E-state index is 0.198. The Morgan fingerprint density at radius 3 is 2.66 bits per heavy atom. The Bertz CT molecular complexity index is 1020. The lowest BCUT2D eigenvalue weighted by Crippen LogP contribution is -2.35. The monoisotopic (exact) mass is 436 g/mol. The van der Waals surface area contributed by atoms with Gasteiger partial charge in [-0.15, -0.1) is 0 Å². The van der Waals surface area contributed by atoms with Crippen LogP contribution in [0.25, 0.3) is 0 Å². The van der Waals surface area contributed by atoms with Crippen LogP contribution in [-0.4, -0.2) is 37.5 Å². The number of hydrogen-bond donors (Lipinski definition) is 2. The summed E-state index contributed by atoms with van der Waals surface area (Å²) in [5.74, 6) is -0.810. The first kappa shape index (κ1) is 21.6. The average Bonchev–Trinajstić information content (AvgIpc) is 2.65. The molecule has 0 bridgehead atoms. The number of fused-ring (bicyclic) bond motifs is 1. The molecule has 0 fully saturated rings. The number of sulfonamides is 1. The summed E-state index contributed by atoms with van der Waals surface area (Å²) in [5, 5.41) is 9.75. The number of anilines is 1. The normalized spacial score (nSPS) is 15.0. The second-order valence-corrected chi connectivity index (χ2v) is 10.1. The van der Waals surface area contributed by atoms with Gasteiger partial charge in [-0.3, -0.25) is 14.4 Å². The topological polar surface area (TPSA) is 86.7 Å². The van der Waals surface area contributed by atoms with Crippen molar-refractivity contribution >= 4 is 33.3 Å². The predicted octanol–water partition coefficient (Wildman–Crippen LogP) is 4.00. The highest BCUT2D eigenvalue weighted by molar-refractivity contribution is 7.92. The molecule has 0 aromatic heterocycles. The van der Waals surface area contributed by atoms with Crippen molar-refractivity contribution in [2.75, 3.05) is 17.8 Å².